The summed E-state index contributed by atoms with van der Waals surface area (Å²) in [6.45, 7) is 0.376. The van der Waals surface area contributed by atoms with Crippen LogP contribution in [-0.2, 0) is 0 Å². The van der Waals surface area contributed by atoms with Crippen molar-refractivity contribution in [2.24, 2.45) is 0 Å². The second-order valence-electron chi connectivity index (χ2n) is 3.40. The molecule has 0 atom stereocenters. The van der Waals surface area contributed by atoms with Crippen molar-refractivity contribution < 1.29 is 4.79 Å². The summed E-state index contributed by atoms with van der Waals surface area (Å²) < 4.78 is 0. The van der Waals surface area contributed by atoms with Gasteiger partial charge in [-0.1, -0.05) is 11.6 Å². The number of nitrogens with zero attached hydrogens (tertiary/aromatic N) is 1. The Bertz CT molecular complexity index is 350. The highest BCUT2D eigenvalue weighted by molar-refractivity contribution is 6.33. The number of likely N-dealkylation sites (N-methyl/N-ethyl adjacent to an activating group) is 1. The first-order valence-electron chi connectivity index (χ1n) is 4.23. The van der Waals surface area contributed by atoms with Crippen LogP contribution in [0.15, 0.2) is 18.2 Å². The maximum Gasteiger partial charge on any atom is 0.176 e. The van der Waals surface area contributed by atoms with Gasteiger partial charge in [0.2, 0.25) is 0 Å². The fourth-order valence-electron chi connectivity index (χ4n) is 1.10. The quantitative estimate of drug-likeness (QED) is 0.613. The number of nitrogens with two attached hydrogens (primary N) is 1. The van der Waals surface area contributed by atoms with E-state index in [9.17, 15) is 4.79 Å². The molecule has 14 heavy (non-hydrogen) atoms. The Morgan fingerprint density at radius 3 is 2.64 bits per heavy atom. The minimum absolute atomic E-state index is 0.0402. The Morgan fingerprint density at radius 2 is 2.14 bits per heavy atom. The van der Waals surface area contributed by atoms with Gasteiger partial charge in [0, 0.05) is 5.56 Å². The van der Waals surface area contributed by atoms with Crippen LogP contribution in [0.2, 0.25) is 5.02 Å². The highest BCUT2D eigenvalue weighted by Gasteiger charge is 2.08. The summed E-state index contributed by atoms with van der Waals surface area (Å²) in [7, 11) is 3.69. The van der Waals surface area contributed by atoms with Crippen molar-refractivity contribution in [2.45, 2.75) is 0 Å². The lowest BCUT2D eigenvalue weighted by molar-refractivity contribution is 0.0958. The first-order chi connectivity index (χ1) is 6.50. The minimum Gasteiger partial charge on any atom is -0.398 e. The molecule has 0 aliphatic heterocycles. The Morgan fingerprint density at radius 1 is 1.50 bits per heavy atom. The second kappa shape index (κ2) is 4.44. The molecule has 2 N–H and O–H groups in total. The second-order valence-corrected chi connectivity index (χ2v) is 3.80. The van der Waals surface area contributed by atoms with Crippen LogP contribution < -0.4 is 5.73 Å². The first kappa shape index (κ1) is 11.0. The summed E-state index contributed by atoms with van der Waals surface area (Å²) in [5, 5.41) is 0.478. The van der Waals surface area contributed by atoms with Gasteiger partial charge in [0.05, 0.1) is 17.3 Å². The number of hydrogen-bond donors (Lipinski definition) is 1. The first-order valence-corrected chi connectivity index (χ1v) is 4.61. The van der Waals surface area contributed by atoms with Crippen LogP contribution in [0.3, 0.4) is 0 Å². The Balaban J connectivity index is 2.86. The number of hydrogen-bond acceptors (Lipinski definition) is 3. The number of Topliss-reactive ketones (excluding diaryl/α,β-unsaturated/α-hetero) is 1. The molecule has 76 valence electrons. The predicted molar refractivity (Wildman–Crippen MR) is 58.7 cm³/mol. The Hall–Kier alpha value is -1.06. The van der Waals surface area contributed by atoms with Crippen molar-refractivity contribution in [1.29, 1.82) is 0 Å². The van der Waals surface area contributed by atoms with E-state index in [2.05, 4.69) is 0 Å². The molecule has 0 aliphatic carbocycles. The zero-order valence-corrected chi connectivity index (χ0v) is 9.01. The molecule has 0 amide bonds. The fraction of sp³-hybridized carbons (Fsp3) is 0.300. The van der Waals surface area contributed by atoms with Gasteiger partial charge in [-0.3, -0.25) is 4.79 Å². The zero-order chi connectivity index (χ0) is 10.7. The third kappa shape index (κ3) is 2.72. The van der Waals surface area contributed by atoms with Gasteiger partial charge in [0.1, 0.15) is 0 Å². The Kier molecular flexibility index (Phi) is 3.49. The molecule has 4 heteroatoms. The maximum absolute atomic E-state index is 11.6. The molecule has 0 bridgehead atoms. The average molecular weight is 213 g/mol. The smallest absolute Gasteiger partial charge is 0.176 e. The van der Waals surface area contributed by atoms with Crippen molar-refractivity contribution in [1.82, 2.24) is 4.90 Å². The van der Waals surface area contributed by atoms with Crippen molar-refractivity contribution >= 4 is 23.1 Å². The van der Waals surface area contributed by atoms with Crippen LogP contribution in [0.4, 0.5) is 5.69 Å². The van der Waals surface area contributed by atoms with Crippen molar-refractivity contribution in [2.75, 3.05) is 26.4 Å². The number of carbonyl (C=O) groups is 1. The number of halogens is 1. The van der Waals surface area contributed by atoms with E-state index in [4.69, 9.17) is 17.3 Å². The van der Waals surface area contributed by atoms with Crippen LogP contribution in [-0.4, -0.2) is 31.3 Å². The number of benzene rings is 1. The van der Waals surface area contributed by atoms with Crippen molar-refractivity contribution in [3.05, 3.63) is 28.8 Å². The number of carbonyl (C=O) groups excluding carboxylic acids is 1. The van der Waals surface area contributed by atoms with Crippen LogP contribution in [0.25, 0.3) is 0 Å². The van der Waals surface area contributed by atoms with Gasteiger partial charge in [-0.25, -0.2) is 0 Å². The summed E-state index contributed by atoms with van der Waals surface area (Å²) in [5.41, 5.74) is 6.63. The number of nitrogen functional groups attached to an aromatic ring is 1. The summed E-state index contributed by atoms with van der Waals surface area (Å²) >= 11 is 5.74. The topological polar surface area (TPSA) is 46.3 Å². The van der Waals surface area contributed by atoms with Crippen molar-refractivity contribution in [3.63, 3.8) is 0 Å². The fourth-order valence-corrected chi connectivity index (χ4v) is 1.21. The molecule has 0 fully saturated rings. The summed E-state index contributed by atoms with van der Waals surface area (Å²) in [6.07, 6.45) is 0. The van der Waals surface area contributed by atoms with E-state index in [1.54, 1.807) is 18.2 Å². The molecule has 0 aliphatic rings. The van der Waals surface area contributed by atoms with Crippen LogP contribution in [0, 0.1) is 0 Å². The van der Waals surface area contributed by atoms with E-state index in [1.807, 2.05) is 19.0 Å². The molecule has 1 aromatic rings. The SMILES string of the molecule is CN(C)CC(=O)c1ccc(Cl)c(N)c1. The Labute approximate surface area is 88.5 Å². The van der Waals surface area contributed by atoms with Crippen LogP contribution in [0.5, 0.6) is 0 Å². The van der Waals surface area contributed by atoms with Gasteiger partial charge in [-0.05, 0) is 32.3 Å². The standard InChI is InChI=1S/C10H13ClN2O/c1-13(2)6-10(14)7-3-4-8(11)9(12)5-7/h3-5H,6,12H2,1-2H3. The van der Waals surface area contributed by atoms with Crippen LogP contribution >= 0.6 is 11.6 Å². The van der Waals surface area contributed by atoms with Gasteiger partial charge >= 0.3 is 0 Å². The molecule has 0 radical (unpaired) electrons. The summed E-state index contributed by atoms with van der Waals surface area (Å²) in [5.74, 6) is 0.0402. The minimum atomic E-state index is 0.0402. The zero-order valence-electron chi connectivity index (χ0n) is 8.25. The molecular formula is C10H13ClN2O. The molecule has 0 heterocycles. The largest absolute Gasteiger partial charge is 0.398 e. The predicted octanol–water partition coefficient (Wildman–Crippen LogP) is 1.67. The van der Waals surface area contributed by atoms with Gasteiger partial charge in [0.25, 0.3) is 0 Å². The monoisotopic (exact) mass is 212 g/mol. The number of anilines is 1. The van der Waals surface area contributed by atoms with Crippen molar-refractivity contribution in [3.8, 4) is 0 Å². The highest BCUT2D eigenvalue weighted by Crippen LogP contribution is 2.19. The highest BCUT2D eigenvalue weighted by atomic mass is 35.5. The van der Waals surface area contributed by atoms with E-state index < -0.39 is 0 Å². The molecule has 0 aromatic heterocycles. The summed E-state index contributed by atoms with van der Waals surface area (Å²) in [6, 6.07) is 4.93. The third-order valence-corrected chi connectivity index (χ3v) is 2.12. The molecule has 0 unspecified atom stereocenters. The molecule has 0 spiro atoms. The molecule has 3 nitrogen and oxygen atoms in total. The van der Waals surface area contributed by atoms with E-state index in [1.165, 1.54) is 0 Å². The van der Waals surface area contributed by atoms with Gasteiger partial charge in [0.15, 0.2) is 5.78 Å². The van der Waals surface area contributed by atoms with E-state index >= 15 is 0 Å². The number of rotatable bonds is 3. The van der Waals surface area contributed by atoms with Gasteiger partial charge in [-0.2, -0.15) is 0 Å². The lowest BCUT2D eigenvalue weighted by Crippen LogP contribution is -2.21. The molecule has 0 saturated carbocycles. The molecule has 1 rings (SSSR count). The molecule has 0 saturated heterocycles. The van der Waals surface area contributed by atoms with Gasteiger partial charge in [-0.15, -0.1) is 0 Å². The van der Waals surface area contributed by atoms with E-state index in [0.717, 1.165) is 0 Å². The molecule has 1 aromatic carbocycles. The van der Waals surface area contributed by atoms with E-state index in [0.29, 0.717) is 22.8 Å². The average Bonchev–Trinajstić information content (AvgIpc) is 2.08. The van der Waals surface area contributed by atoms with Gasteiger partial charge < -0.3 is 10.6 Å². The number of ketones is 1. The molecular weight excluding hydrogens is 200 g/mol. The van der Waals surface area contributed by atoms with Crippen LogP contribution in [0.1, 0.15) is 10.4 Å². The van der Waals surface area contributed by atoms with E-state index in [-0.39, 0.29) is 5.78 Å². The maximum atomic E-state index is 11.6. The third-order valence-electron chi connectivity index (χ3n) is 1.78. The lowest BCUT2D eigenvalue weighted by atomic mass is 10.1. The normalized spacial score (nSPS) is 10.6. The lowest BCUT2D eigenvalue weighted by Gasteiger charge is -2.08. The summed E-state index contributed by atoms with van der Waals surface area (Å²) in [4.78, 5) is 13.4.